The van der Waals surface area contributed by atoms with E-state index in [1.807, 2.05) is 11.3 Å². The second-order valence-electron chi connectivity index (χ2n) is 2.96. The molecule has 0 amide bonds. The van der Waals surface area contributed by atoms with Crippen LogP contribution in [-0.2, 0) is 0 Å². The molecule has 13 heavy (non-hydrogen) atoms. The molecule has 70 valence electrons. The monoisotopic (exact) mass is 192 g/mol. The SMILES string of the molecule is C/C=C(\C=C/CC)c1ccc(C)s1. The number of allylic oxidation sites excluding steroid dienone is 4. The molecular formula is C12H16S. The molecule has 0 bridgehead atoms. The van der Waals surface area contributed by atoms with Crippen LogP contribution in [0.5, 0.6) is 0 Å². The first-order valence-electron chi connectivity index (χ1n) is 4.67. The van der Waals surface area contributed by atoms with Gasteiger partial charge in [-0.15, -0.1) is 11.3 Å². The van der Waals surface area contributed by atoms with Crippen molar-refractivity contribution < 1.29 is 0 Å². The Morgan fingerprint density at radius 2 is 2.23 bits per heavy atom. The van der Waals surface area contributed by atoms with Crippen LogP contribution in [0.4, 0.5) is 0 Å². The fourth-order valence-electron chi connectivity index (χ4n) is 1.16. The summed E-state index contributed by atoms with van der Waals surface area (Å²) in [5, 5.41) is 0. The summed E-state index contributed by atoms with van der Waals surface area (Å²) in [6.07, 6.45) is 7.66. The van der Waals surface area contributed by atoms with E-state index >= 15 is 0 Å². The van der Waals surface area contributed by atoms with Gasteiger partial charge in [-0.2, -0.15) is 0 Å². The third-order valence-corrected chi connectivity index (χ3v) is 2.92. The van der Waals surface area contributed by atoms with Crippen molar-refractivity contribution in [3.05, 3.63) is 40.1 Å². The molecule has 0 aliphatic heterocycles. The van der Waals surface area contributed by atoms with Gasteiger partial charge in [0.2, 0.25) is 0 Å². The average molecular weight is 192 g/mol. The molecule has 0 aromatic carbocycles. The lowest BCUT2D eigenvalue weighted by Gasteiger charge is -1.95. The maximum absolute atomic E-state index is 2.20. The average Bonchev–Trinajstić information content (AvgIpc) is 2.54. The van der Waals surface area contributed by atoms with Crippen LogP contribution in [-0.4, -0.2) is 0 Å². The predicted molar refractivity (Wildman–Crippen MR) is 62.1 cm³/mol. The van der Waals surface area contributed by atoms with Gasteiger partial charge in [0.05, 0.1) is 0 Å². The van der Waals surface area contributed by atoms with E-state index < -0.39 is 0 Å². The number of thiophene rings is 1. The number of aryl methyl sites for hydroxylation is 1. The van der Waals surface area contributed by atoms with Crippen molar-refractivity contribution in [1.29, 1.82) is 0 Å². The van der Waals surface area contributed by atoms with E-state index in [1.165, 1.54) is 15.3 Å². The highest BCUT2D eigenvalue weighted by Gasteiger charge is 1.98. The Labute approximate surface area is 84.6 Å². The summed E-state index contributed by atoms with van der Waals surface area (Å²) in [6.45, 7) is 6.39. The number of hydrogen-bond donors (Lipinski definition) is 0. The standard InChI is InChI=1S/C12H16S/c1-4-6-7-11(5-2)12-9-8-10(3)13-12/h5-9H,4H2,1-3H3/b7-6-,11-5+. The Bertz CT molecular complexity index is 316. The molecule has 0 atom stereocenters. The Morgan fingerprint density at radius 1 is 1.46 bits per heavy atom. The first-order valence-corrected chi connectivity index (χ1v) is 5.49. The van der Waals surface area contributed by atoms with E-state index in [0.29, 0.717) is 0 Å². The maximum atomic E-state index is 2.20. The van der Waals surface area contributed by atoms with Crippen LogP contribution in [0.15, 0.2) is 30.4 Å². The second-order valence-corrected chi connectivity index (χ2v) is 4.25. The largest absolute Gasteiger partial charge is 0.141 e. The number of rotatable bonds is 3. The van der Waals surface area contributed by atoms with Gasteiger partial charge in [-0.1, -0.05) is 25.2 Å². The Kier molecular flexibility index (Phi) is 3.97. The summed E-state index contributed by atoms with van der Waals surface area (Å²) in [6, 6.07) is 4.36. The summed E-state index contributed by atoms with van der Waals surface area (Å²) in [4.78, 5) is 2.74. The maximum Gasteiger partial charge on any atom is 0.0342 e. The van der Waals surface area contributed by atoms with Gasteiger partial charge < -0.3 is 0 Å². The van der Waals surface area contributed by atoms with Crippen LogP contribution < -0.4 is 0 Å². The normalized spacial score (nSPS) is 12.7. The Morgan fingerprint density at radius 3 is 2.69 bits per heavy atom. The van der Waals surface area contributed by atoms with E-state index in [4.69, 9.17) is 0 Å². The minimum absolute atomic E-state index is 1.10. The molecule has 0 saturated heterocycles. The van der Waals surface area contributed by atoms with E-state index in [-0.39, 0.29) is 0 Å². The van der Waals surface area contributed by atoms with Crippen molar-refractivity contribution in [2.45, 2.75) is 27.2 Å². The third kappa shape index (κ3) is 2.85. The number of hydrogen-bond acceptors (Lipinski definition) is 1. The highest BCUT2D eigenvalue weighted by atomic mass is 32.1. The smallest absolute Gasteiger partial charge is 0.0342 e. The third-order valence-electron chi connectivity index (χ3n) is 1.87. The predicted octanol–water partition coefficient (Wildman–Crippen LogP) is 4.43. The lowest BCUT2D eigenvalue weighted by atomic mass is 10.2. The van der Waals surface area contributed by atoms with E-state index in [2.05, 4.69) is 51.1 Å². The van der Waals surface area contributed by atoms with Crippen LogP contribution in [0.25, 0.3) is 5.57 Å². The van der Waals surface area contributed by atoms with E-state index in [1.54, 1.807) is 0 Å². The lowest BCUT2D eigenvalue weighted by Crippen LogP contribution is -1.71. The van der Waals surface area contributed by atoms with Gasteiger partial charge in [0.25, 0.3) is 0 Å². The van der Waals surface area contributed by atoms with Gasteiger partial charge in [0.15, 0.2) is 0 Å². The van der Waals surface area contributed by atoms with Gasteiger partial charge in [-0.05, 0) is 38.0 Å². The van der Waals surface area contributed by atoms with Crippen LogP contribution >= 0.6 is 11.3 Å². The Balaban J connectivity index is 2.86. The zero-order valence-electron chi connectivity index (χ0n) is 8.50. The van der Waals surface area contributed by atoms with Crippen molar-refractivity contribution in [3.63, 3.8) is 0 Å². The van der Waals surface area contributed by atoms with Crippen molar-refractivity contribution in [2.24, 2.45) is 0 Å². The molecule has 0 aliphatic rings. The molecule has 0 fully saturated rings. The second kappa shape index (κ2) is 5.03. The zero-order valence-corrected chi connectivity index (χ0v) is 9.32. The van der Waals surface area contributed by atoms with Crippen molar-refractivity contribution in [1.82, 2.24) is 0 Å². The summed E-state index contributed by atoms with van der Waals surface area (Å²) in [5.74, 6) is 0. The van der Waals surface area contributed by atoms with Crippen LogP contribution in [0.1, 0.15) is 30.0 Å². The van der Waals surface area contributed by atoms with Crippen molar-refractivity contribution >= 4 is 16.9 Å². The fraction of sp³-hybridized carbons (Fsp3) is 0.333. The molecule has 1 heteroatoms. The first kappa shape index (κ1) is 10.3. The van der Waals surface area contributed by atoms with E-state index in [9.17, 15) is 0 Å². The van der Waals surface area contributed by atoms with Gasteiger partial charge in [-0.3, -0.25) is 0 Å². The van der Waals surface area contributed by atoms with Crippen LogP contribution in [0, 0.1) is 6.92 Å². The molecule has 0 N–H and O–H groups in total. The van der Waals surface area contributed by atoms with Crippen molar-refractivity contribution in [3.8, 4) is 0 Å². The van der Waals surface area contributed by atoms with Gasteiger partial charge in [0.1, 0.15) is 0 Å². The highest BCUT2D eigenvalue weighted by Crippen LogP contribution is 2.24. The zero-order chi connectivity index (χ0) is 9.68. The molecule has 1 aromatic heterocycles. The fourth-order valence-corrected chi connectivity index (χ4v) is 2.08. The van der Waals surface area contributed by atoms with Crippen molar-refractivity contribution in [2.75, 3.05) is 0 Å². The molecule has 0 aliphatic carbocycles. The van der Waals surface area contributed by atoms with Crippen LogP contribution in [0.2, 0.25) is 0 Å². The molecular weight excluding hydrogens is 176 g/mol. The minimum Gasteiger partial charge on any atom is -0.141 e. The quantitative estimate of drug-likeness (QED) is 0.622. The van der Waals surface area contributed by atoms with Crippen LogP contribution in [0.3, 0.4) is 0 Å². The van der Waals surface area contributed by atoms with Gasteiger partial charge in [-0.25, -0.2) is 0 Å². The molecule has 1 heterocycles. The molecule has 1 rings (SSSR count). The summed E-state index contributed by atoms with van der Waals surface area (Å²) < 4.78 is 0. The van der Waals surface area contributed by atoms with E-state index in [0.717, 1.165) is 6.42 Å². The highest BCUT2D eigenvalue weighted by molar-refractivity contribution is 7.13. The molecule has 1 aromatic rings. The topological polar surface area (TPSA) is 0 Å². The first-order chi connectivity index (χ1) is 6.27. The molecule has 0 saturated carbocycles. The molecule has 0 radical (unpaired) electrons. The lowest BCUT2D eigenvalue weighted by molar-refractivity contribution is 1.23. The molecule has 0 unspecified atom stereocenters. The molecule has 0 nitrogen and oxygen atoms in total. The Hall–Kier alpha value is -0.820. The van der Waals surface area contributed by atoms with Gasteiger partial charge >= 0.3 is 0 Å². The summed E-state index contributed by atoms with van der Waals surface area (Å²) >= 11 is 1.85. The summed E-state index contributed by atoms with van der Waals surface area (Å²) in [7, 11) is 0. The minimum atomic E-state index is 1.10. The molecule has 0 spiro atoms. The summed E-state index contributed by atoms with van der Waals surface area (Å²) in [5.41, 5.74) is 1.33. The van der Waals surface area contributed by atoms with Gasteiger partial charge in [0, 0.05) is 9.75 Å².